The van der Waals surface area contributed by atoms with Gasteiger partial charge in [-0.15, -0.1) is 0 Å². The summed E-state index contributed by atoms with van der Waals surface area (Å²) in [6.45, 7) is 10.1. The standard InChI is InChI=1S/C11H22N4O5/c1-10(2,3)19-8(17)14-12-7(16)13-15-9(18)20-11(4,5)6/h1-6H3,(H,14,17)(H,15,18)(H2,12,13,16). The number of urea groups is 1. The predicted octanol–water partition coefficient (Wildman–Crippen LogP) is 1.16. The summed E-state index contributed by atoms with van der Waals surface area (Å²) in [4.78, 5) is 33.6. The zero-order valence-corrected chi connectivity index (χ0v) is 12.5. The predicted molar refractivity (Wildman–Crippen MR) is 70.4 cm³/mol. The van der Waals surface area contributed by atoms with E-state index in [9.17, 15) is 14.4 Å². The second kappa shape index (κ2) is 6.83. The van der Waals surface area contributed by atoms with Crippen molar-refractivity contribution >= 4 is 18.2 Å². The van der Waals surface area contributed by atoms with E-state index in [1.165, 1.54) is 0 Å². The molecular formula is C11H22N4O5. The van der Waals surface area contributed by atoms with Crippen molar-refractivity contribution < 1.29 is 23.9 Å². The van der Waals surface area contributed by atoms with Gasteiger partial charge >= 0.3 is 18.2 Å². The van der Waals surface area contributed by atoms with E-state index in [1.807, 2.05) is 21.7 Å². The van der Waals surface area contributed by atoms with Gasteiger partial charge in [0.2, 0.25) is 0 Å². The summed E-state index contributed by atoms with van der Waals surface area (Å²) < 4.78 is 9.75. The maximum absolute atomic E-state index is 11.2. The van der Waals surface area contributed by atoms with Gasteiger partial charge in [0.1, 0.15) is 11.2 Å². The molecule has 116 valence electrons. The first kappa shape index (κ1) is 17.8. The van der Waals surface area contributed by atoms with Crippen LogP contribution in [0.15, 0.2) is 0 Å². The third kappa shape index (κ3) is 10.9. The van der Waals surface area contributed by atoms with Gasteiger partial charge in [-0.1, -0.05) is 0 Å². The summed E-state index contributed by atoms with van der Waals surface area (Å²) in [7, 11) is 0. The molecule has 0 unspecified atom stereocenters. The zero-order chi connectivity index (χ0) is 16.0. The lowest BCUT2D eigenvalue weighted by molar-refractivity contribution is 0.0496. The average Bonchev–Trinajstić information content (AvgIpc) is 2.18. The number of amides is 4. The molecule has 0 saturated carbocycles. The van der Waals surface area contributed by atoms with Crippen LogP contribution in [0.3, 0.4) is 0 Å². The van der Waals surface area contributed by atoms with Crippen molar-refractivity contribution in [3.8, 4) is 0 Å². The molecule has 0 atom stereocenters. The van der Waals surface area contributed by atoms with E-state index < -0.39 is 29.4 Å². The highest BCUT2D eigenvalue weighted by Gasteiger charge is 2.18. The monoisotopic (exact) mass is 290 g/mol. The Morgan fingerprint density at radius 2 is 0.950 bits per heavy atom. The van der Waals surface area contributed by atoms with Crippen molar-refractivity contribution in [2.24, 2.45) is 0 Å². The Bertz CT molecular complexity index is 336. The van der Waals surface area contributed by atoms with Gasteiger partial charge < -0.3 is 9.47 Å². The fourth-order valence-electron chi connectivity index (χ4n) is 0.854. The zero-order valence-electron chi connectivity index (χ0n) is 12.5. The Morgan fingerprint density at radius 1 is 0.650 bits per heavy atom. The highest BCUT2D eigenvalue weighted by Crippen LogP contribution is 2.06. The third-order valence-electron chi connectivity index (χ3n) is 1.35. The normalized spacial score (nSPS) is 11.1. The molecular weight excluding hydrogens is 268 g/mol. The molecule has 0 spiro atoms. The van der Waals surface area contributed by atoms with Gasteiger partial charge in [-0.25, -0.2) is 36.1 Å². The van der Waals surface area contributed by atoms with Crippen LogP contribution in [-0.2, 0) is 9.47 Å². The van der Waals surface area contributed by atoms with E-state index >= 15 is 0 Å². The SMILES string of the molecule is CC(C)(C)OC(=O)NNC(=O)NNC(=O)OC(C)(C)C. The number of carbonyl (C=O) groups excluding carboxylic acids is 3. The lowest BCUT2D eigenvalue weighted by Crippen LogP contribution is -2.53. The first-order valence-electron chi connectivity index (χ1n) is 5.93. The van der Waals surface area contributed by atoms with Crippen LogP contribution in [0, 0.1) is 0 Å². The van der Waals surface area contributed by atoms with Crippen molar-refractivity contribution in [2.45, 2.75) is 52.7 Å². The second-order valence-corrected chi connectivity index (χ2v) is 5.83. The number of hydrogen-bond acceptors (Lipinski definition) is 5. The highest BCUT2D eigenvalue weighted by molar-refractivity contribution is 5.79. The van der Waals surface area contributed by atoms with Crippen molar-refractivity contribution in [3.05, 3.63) is 0 Å². The van der Waals surface area contributed by atoms with Crippen LogP contribution >= 0.6 is 0 Å². The number of carbonyl (C=O) groups is 3. The van der Waals surface area contributed by atoms with E-state index in [0.717, 1.165) is 0 Å². The van der Waals surface area contributed by atoms with Gasteiger partial charge in [-0.3, -0.25) is 0 Å². The molecule has 0 rings (SSSR count). The lowest BCUT2D eigenvalue weighted by atomic mass is 10.2. The summed E-state index contributed by atoms with van der Waals surface area (Å²) in [5.74, 6) is 0. The van der Waals surface area contributed by atoms with E-state index in [4.69, 9.17) is 9.47 Å². The molecule has 9 heteroatoms. The second-order valence-electron chi connectivity index (χ2n) is 5.83. The van der Waals surface area contributed by atoms with Crippen LogP contribution in [0.5, 0.6) is 0 Å². The number of hydrazine groups is 2. The molecule has 4 N–H and O–H groups in total. The van der Waals surface area contributed by atoms with Crippen LogP contribution in [0.25, 0.3) is 0 Å². The first-order chi connectivity index (χ1) is 8.89. The van der Waals surface area contributed by atoms with E-state index in [0.29, 0.717) is 0 Å². The maximum atomic E-state index is 11.2. The summed E-state index contributed by atoms with van der Waals surface area (Å²) in [5.41, 5.74) is 6.58. The molecule has 0 bridgehead atoms. The average molecular weight is 290 g/mol. The highest BCUT2D eigenvalue weighted by atomic mass is 16.6. The van der Waals surface area contributed by atoms with Crippen LogP contribution in [0.4, 0.5) is 14.4 Å². The van der Waals surface area contributed by atoms with E-state index in [1.54, 1.807) is 41.5 Å². The molecule has 4 amide bonds. The minimum Gasteiger partial charge on any atom is -0.443 e. The molecule has 0 fully saturated rings. The molecule has 9 nitrogen and oxygen atoms in total. The van der Waals surface area contributed by atoms with Crippen LogP contribution in [-0.4, -0.2) is 29.4 Å². The summed E-state index contributed by atoms with van der Waals surface area (Å²) in [5, 5.41) is 0. The van der Waals surface area contributed by atoms with Crippen LogP contribution in [0.2, 0.25) is 0 Å². The minimum atomic E-state index is -0.860. The topological polar surface area (TPSA) is 118 Å². The molecule has 0 heterocycles. The summed E-state index contributed by atoms with van der Waals surface area (Å²) >= 11 is 0. The fraction of sp³-hybridized carbons (Fsp3) is 0.727. The maximum Gasteiger partial charge on any atom is 0.426 e. The number of rotatable bonds is 0. The molecule has 0 aliphatic heterocycles. The molecule has 0 aromatic carbocycles. The third-order valence-corrected chi connectivity index (χ3v) is 1.35. The van der Waals surface area contributed by atoms with E-state index in [2.05, 4.69) is 0 Å². The minimum absolute atomic E-state index is 0.684. The van der Waals surface area contributed by atoms with Crippen LogP contribution < -0.4 is 21.7 Å². The van der Waals surface area contributed by atoms with Crippen LogP contribution in [0.1, 0.15) is 41.5 Å². The molecule has 0 aromatic heterocycles. The van der Waals surface area contributed by atoms with Gasteiger partial charge in [0.25, 0.3) is 0 Å². The smallest absolute Gasteiger partial charge is 0.426 e. The van der Waals surface area contributed by atoms with Crippen molar-refractivity contribution in [2.75, 3.05) is 0 Å². The van der Waals surface area contributed by atoms with Gasteiger partial charge in [0.05, 0.1) is 0 Å². The molecule has 0 aromatic rings. The van der Waals surface area contributed by atoms with Gasteiger partial charge in [0, 0.05) is 0 Å². The van der Waals surface area contributed by atoms with Gasteiger partial charge in [-0.05, 0) is 41.5 Å². The van der Waals surface area contributed by atoms with Crippen molar-refractivity contribution in [1.82, 2.24) is 21.7 Å². The molecule has 0 aliphatic carbocycles. The Balaban J connectivity index is 3.91. The summed E-state index contributed by atoms with van der Waals surface area (Å²) in [6, 6.07) is -0.860. The molecule has 20 heavy (non-hydrogen) atoms. The first-order valence-corrected chi connectivity index (χ1v) is 5.93. The molecule has 0 aliphatic rings. The Hall–Kier alpha value is -2.19. The largest absolute Gasteiger partial charge is 0.443 e. The Morgan fingerprint density at radius 3 is 1.20 bits per heavy atom. The number of nitrogens with one attached hydrogen (secondary N) is 4. The van der Waals surface area contributed by atoms with Gasteiger partial charge in [-0.2, -0.15) is 0 Å². The summed E-state index contributed by atoms with van der Waals surface area (Å²) in [6.07, 6.45) is -1.66. The van der Waals surface area contributed by atoms with Crippen molar-refractivity contribution in [3.63, 3.8) is 0 Å². The van der Waals surface area contributed by atoms with Gasteiger partial charge in [0.15, 0.2) is 0 Å². The quantitative estimate of drug-likeness (QED) is 0.499. The number of hydrogen-bond donors (Lipinski definition) is 4. The van der Waals surface area contributed by atoms with Crippen molar-refractivity contribution in [1.29, 1.82) is 0 Å². The van der Waals surface area contributed by atoms with E-state index in [-0.39, 0.29) is 0 Å². The fourth-order valence-corrected chi connectivity index (χ4v) is 0.854. The number of ether oxygens (including phenoxy) is 2. The molecule has 0 saturated heterocycles. The molecule has 0 radical (unpaired) electrons. The lowest BCUT2D eigenvalue weighted by Gasteiger charge is -2.20. The Labute approximate surface area is 117 Å². The Kier molecular flexibility index (Phi) is 6.08.